The van der Waals surface area contributed by atoms with Crippen LogP contribution in [0.3, 0.4) is 0 Å². The zero-order chi connectivity index (χ0) is 13.7. The number of thiophene rings is 1. The molecule has 1 saturated heterocycles. The lowest BCUT2D eigenvalue weighted by Crippen LogP contribution is -2.31. The first-order valence-corrected chi connectivity index (χ1v) is 7.72. The molecule has 2 rings (SSSR count). The fraction of sp³-hybridized carbons (Fsp3) is 0.643. The van der Waals surface area contributed by atoms with Gasteiger partial charge >= 0.3 is 5.97 Å². The highest BCUT2D eigenvalue weighted by Crippen LogP contribution is 2.16. The van der Waals surface area contributed by atoms with E-state index in [-0.39, 0.29) is 0 Å². The van der Waals surface area contributed by atoms with Crippen molar-refractivity contribution < 1.29 is 9.90 Å². The van der Waals surface area contributed by atoms with Crippen molar-refractivity contribution in [1.82, 2.24) is 10.2 Å². The minimum atomic E-state index is -0.835. The van der Waals surface area contributed by atoms with Crippen molar-refractivity contribution in [3.05, 3.63) is 21.9 Å². The Morgan fingerprint density at radius 2 is 2.21 bits per heavy atom. The zero-order valence-corrected chi connectivity index (χ0v) is 12.2. The van der Waals surface area contributed by atoms with Crippen LogP contribution in [0.2, 0.25) is 0 Å². The van der Waals surface area contributed by atoms with Gasteiger partial charge in [0.05, 0.1) is 0 Å². The van der Waals surface area contributed by atoms with Crippen molar-refractivity contribution in [2.75, 3.05) is 26.2 Å². The first-order chi connectivity index (χ1) is 9.15. The molecule has 19 heavy (non-hydrogen) atoms. The number of rotatable bonds is 7. The molecule has 1 fully saturated rings. The molecule has 1 aromatic rings. The standard InChI is InChI=1S/C14H22N2O2S/c1-11(10-16-6-2-3-7-16)8-15-9-12-4-5-13(19-12)14(17)18/h4-5,11,15H,2-3,6-10H2,1H3,(H,17,18). The molecule has 0 saturated carbocycles. The number of carboxylic acid groups (broad SMARTS) is 1. The van der Waals surface area contributed by atoms with Gasteiger partial charge in [-0.3, -0.25) is 0 Å². The number of hydrogen-bond donors (Lipinski definition) is 2. The van der Waals surface area contributed by atoms with Crippen LogP contribution in [0.25, 0.3) is 0 Å². The number of nitrogens with one attached hydrogen (secondary N) is 1. The molecule has 0 radical (unpaired) electrons. The summed E-state index contributed by atoms with van der Waals surface area (Å²) in [7, 11) is 0. The summed E-state index contributed by atoms with van der Waals surface area (Å²) in [6, 6.07) is 3.57. The Labute approximate surface area is 118 Å². The molecule has 1 aliphatic rings. The fourth-order valence-corrected chi connectivity index (χ4v) is 3.32. The Balaban J connectivity index is 1.65. The van der Waals surface area contributed by atoms with Crippen LogP contribution in [0.1, 0.15) is 34.3 Å². The predicted octanol–water partition coefficient (Wildman–Crippen LogP) is 2.27. The maximum atomic E-state index is 10.8. The lowest BCUT2D eigenvalue weighted by atomic mass is 10.1. The second-order valence-corrected chi connectivity index (χ2v) is 6.48. The summed E-state index contributed by atoms with van der Waals surface area (Å²) in [5.41, 5.74) is 0. The van der Waals surface area contributed by atoms with Crippen LogP contribution in [0.15, 0.2) is 12.1 Å². The average molecular weight is 282 g/mol. The summed E-state index contributed by atoms with van der Waals surface area (Å²) < 4.78 is 0. The Morgan fingerprint density at radius 3 is 2.84 bits per heavy atom. The van der Waals surface area contributed by atoms with E-state index in [0.717, 1.165) is 24.5 Å². The van der Waals surface area contributed by atoms with Crippen LogP contribution in [0.5, 0.6) is 0 Å². The van der Waals surface area contributed by atoms with Crippen molar-refractivity contribution in [3.63, 3.8) is 0 Å². The highest BCUT2D eigenvalue weighted by molar-refractivity contribution is 7.13. The van der Waals surface area contributed by atoms with E-state index >= 15 is 0 Å². The molecule has 0 aliphatic carbocycles. The van der Waals surface area contributed by atoms with Crippen LogP contribution in [-0.4, -0.2) is 42.2 Å². The van der Waals surface area contributed by atoms with E-state index in [1.165, 1.54) is 37.3 Å². The third-order valence-electron chi connectivity index (χ3n) is 3.43. The Hall–Kier alpha value is -0.910. The fourth-order valence-electron chi connectivity index (χ4n) is 2.50. The molecule has 1 aromatic heterocycles. The first kappa shape index (κ1) is 14.5. The predicted molar refractivity (Wildman–Crippen MR) is 77.8 cm³/mol. The number of carboxylic acids is 1. The smallest absolute Gasteiger partial charge is 0.345 e. The molecular formula is C14H22N2O2S. The summed E-state index contributed by atoms with van der Waals surface area (Å²) in [4.78, 5) is 14.8. The van der Waals surface area contributed by atoms with E-state index in [9.17, 15) is 4.79 Å². The third-order valence-corrected chi connectivity index (χ3v) is 4.51. The summed E-state index contributed by atoms with van der Waals surface area (Å²) in [6.45, 7) is 7.67. The monoisotopic (exact) mass is 282 g/mol. The van der Waals surface area contributed by atoms with Crippen molar-refractivity contribution in [2.45, 2.75) is 26.3 Å². The number of carbonyl (C=O) groups is 1. The summed E-state index contributed by atoms with van der Waals surface area (Å²) in [5, 5.41) is 12.3. The maximum Gasteiger partial charge on any atom is 0.345 e. The Kier molecular flexibility index (Phi) is 5.36. The molecule has 2 N–H and O–H groups in total. The molecule has 4 nitrogen and oxygen atoms in total. The second kappa shape index (κ2) is 7.03. The van der Waals surface area contributed by atoms with Gasteiger partial charge in [-0.1, -0.05) is 6.92 Å². The van der Waals surface area contributed by atoms with Gasteiger partial charge in [0.1, 0.15) is 4.88 Å². The van der Waals surface area contributed by atoms with Gasteiger partial charge in [0, 0.05) is 18.0 Å². The van der Waals surface area contributed by atoms with E-state index in [1.807, 2.05) is 6.07 Å². The minimum absolute atomic E-state index is 0.418. The van der Waals surface area contributed by atoms with E-state index < -0.39 is 5.97 Å². The van der Waals surface area contributed by atoms with Crippen LogP contribution in [0, 0.1) is 5.92 Å². The van der Waals surface area contributed by atoms with E-state index in [1.54, 1.807) is 6.07 Å². The SMILES string of the molecule is CC(CNCc1ccc(C(=O)O)s1)CN1CCCC1. The average Bonchev–Trinajstić information content (AvgIpc) is 3.00. The number of nitrogens with zero attached hydrogens (tertiary/aromatic N) is 1. The molecule has 5 heteroatoms. The summed E-state index contributed by atoms with van der Waals surface area (Å²) in [5.74, 6) is -0.198. The maximum absolute atomic E-state index is 10.8. The normalized spacial score (nSPS) is 17.7. The molecule has 0 spiro atoms. The lowest BCUT2D eigenvalue weighted by Gasteiger charge is -2.20. The van der Waals surface area contributed by atoms with Crippen LogP contribution < -0.4 is 5.32 Å². The Morgan fingerprint density at radius 1 is 1.47 bits per heavy atom. The molecule has 1 unspecified atom stereocenters. The number of hydrogen-bond acceptors (Lipinski definition) is 4. The Bertz CT molecular complexity index is 413. The number of aromatic carboxylic acids is 1. The van der Waals surface area contributed by atoms with Gasteiger partial charge in [0.15, 0.2) is 0 Å². The zero-order valence-electron chi connectivity index (χ0n) is 11.4. The minimum Gasteiger partial charge on any atom is -0.477 e. The van der Waals surface area contributed by atoms with Gasteiger partial charge in [0.2, 0.25) is 0 Å². The third kappa shape index (κ3) is 4.60. The van der Waals surface area contributed by atoms with Crippen molar-refractivity contribution in [3.8, 4) is 0 Å². The molecule has 0 aromatic carbocycles. The molecule has 106 valence electrons. The lowest BCUT2D eigenvalue weighted by molar-refractivity contribution is 0.0702. The largest absolute Gasteiger partial charge is 0.477 e. The molecule has 1 aliphatic heterocycles. The molecule has 0 amide bonds. The van der Waals surface area contributed by atoms with Crippen molar-refractivity contribution in [2.24, 2.45) is 5.92 Å². The van der Waals surface area contributed by atoms with Gasteiger partial charge in [-0.15, -0.1) is 11.3 Å². The molecule has 0 bridgehead atoms. The van der Waals surface area contributed by atoms with Gasteiger partial charge in [-0.05, 0) is 50.5 Å². The van der Waals surface area contributed by atoms with Gasteiger partial charge < -0.3 is 15.3 Å². The van der Waals surface area contributed by atoms with E-state index in [0.29, 0.717) is 10.8 Å². The van der Waals surface area contributed by atoms with Crippen molar-refractivity contribution in [1.29, 1.82) is 0 Å². The molecule has 1 atom stereocenters. The first-order valence-electron chi connectivity index (χ1n) is 6.90. The molecule has 2 heterocycles. The topological polar surface area (TPSA) is 52.6 Å². The van der Waals surface area contributed by atoms with Gasteiger partial charge in [0.25, 0.3) is 0 Å². The van der Waals surface area contributed by atoms with Gasteiger partial charge in [-0.25, -0.2) is 4.79 Å². The van der Waals surface area contributed by atoms with Crippen LogP contribution in [0.4, 0.5) is 0 Å². The summed E-state index contributed by atoms with van der Waals surface area (Å²) in [6.07, 6.45) is 2.68. The van der Waals surface area contributed by atoms with E-state index in [2.05, 4.69) is 17.1 Å². The number of likely N-dealkylation sites (tertiary alicyclic amines) is 1. The highest BCUT2D eigenvalue weighted by Gasteiger charge is 2.14. The second-order valence-electron chi connectivity index (χ2n) is 5.31. The van der Waals surface area contributed by atoms with Crippen molar-refractivity contribution >= 4 is 17.3 Å². The molecular weight excluding hydrogens is 260 g/mol. The quantitative estimate of drug-likeness (QED) is 0.805. The van der Waals surface area contributed by atoms with Crippen LogP contribution in [-0.2, 0) is 6.54 Å². The highest BCUT2D eigenvalue weighted by atomic mass is 32.1. The van der Waals surface area contributed by atoms with Crippen LogP contribution >= 0.6 is 11.3 Å². The van der Waals surface area contributed by atoms with Gasteiger partial charge in [-0.2, -0.15) is 0 Å². The van der Waals surface area contributed by atoms with E-state index in [4.69, 9.17) is 5.11 Å². The summed E-state index contributed by atoms with van der Waals surface area (Å²) >= 11 is 1.35.